The molecule has 0 saturated carbocycles. The van der Waals surface area contributed by atoms with Crippen LogP contribution in [0.2, 0.25) is 0 Å². The van der Waals surface area contributed by atoms with Crippen LogP contribution in [-0.4, -0.2) is 19.3 Å². The zero-order valence-corrected chi connectivity index (χ0v) is 27.7. The predicted molar refractivity (Wildman–Crippen MR) is 190 cm³/mol. The van der Waals surface area contributed by atoms with Crippen LogP contribution < -0.4 is 4.74 Å². The van der Waals surface area contributed by atoms with Crippen LogP contribution in [0.15, 0.2) is 104 Å². The van der Waals surface area contributed by atoms with Gasteiger partial charge in [0.05, 0.1) is 22.9 Å². The van der Waals surface area contributed by atoms with Crippen LogP contribution in [0, 0.1) is 20.8 Å². The summed E-state index contributed by atoms with van der Waals surface area (Å²) in [4.78, 5) is 4.71. The predicted octanol–water partition coefficient (Wildman–Crippen LogP) is 11.0. The van der Waals surface area contributed by atoms with Crippen LogP contribution >= 0.6 is 0 Å². The van der Waals surface area contributed by atoms with E-state index in [4.69, 9.17) is 14.8 Å². The molecule has 0 aliphatic carbocycles. The van der Waals surface area contributed by atoms with Crippen molar-refractivity contribution in [1.29, 1.82) is 0 Å². The molecule has 7 aromatic rings. The minimum absolute atomic E-state index is 0.453. The standard InChI is InChI=1S/C41H40N4O/c1-25(2)36-22-37(26(3)4)29(7)41(28(36)6)30-23-43-44(24-30)31-11-10-12-32(20-31)46-33-15-16-35-34-13-8-9-14-38(34)45(39(35)21-33)40-19-27(5)17-18-42-40/h8-26H,1-7H3. The van der Waals surface area contributed by atoms with E-state index in [9.17, 15) is 0 Å². The lowest BCUT2D eigenvalue weighted by Gasteiger charge is -2.21. The topological polar surface area (TPSA) is 44.9 Å². The van der Waals surface area contributed by atoms with Crippen molar-refractivity contribution < 1.29 is 4.74 Å². The van der Waals surface area contributed by atoms with E-state index in [0.29, 0.717) is 11.8 Å². The molecule has 0 atom stereocenters. The summed E-state index contributed by atoms with van der Waals surface area (Å²) in [7, 11) is 0. The molecule has 0 aliphatic heterocycles. The van der Waals surface area contributed by atoms with E-state index in [-0.39, 0.29) is 0 Å². The van der Waals surface area contributed by atoms with Crippen molar-refractivity contribution >= 4 is 21.8 Å². The number of aryl methyl sites for hydroxylation is 1. The van der Waals surface area contributed by atoms with Gasteiger partial charge in [0, 0.05) is 40.9 Å². The number of ether oxygens (including phenoxy) is 1. The van der Waals surface area contributed by atoms with Gasteiger partial charge < -0.3 is 4.74 Å². The molecular weight excluding hydrogens is 564 g/mol. The van der Waals surface area contributed by atoms with Crippen LogP contribution in [-0.2, 0) is 0 Å². The quantitative estimate of drug-likeness (QED) is 0.182. The first kappa shape index (κ1) is 29.5. The number of hydrogen-bond acceptors (Lipinski definition) is 3. The molecule has 4 aromatic carbocycles. The Bertz CT molecular complexity index is 2200. The molecule has 5 nitrogen and oxygen atoms in total. The maximum absolute atomic E-state index is 6.50. The monoisotopic (exact) mass is 604 g/mol. The second kappa shape index (κ2) is 11.6. The van der Waals surface area contributed by atoms with Gasteiger partial charge in [-0.2, -0.15) is 5.10 Å². The van der Waals surface area contributed by atoms with Crippen molar-refractivity contribution in [3.63, 3.8) is 0 Å². The number of hydrogen-bond donors (Lipinski definition) is 0. The highest BCUT2D eigenvalue weighted by atomic mass is 16.5. The van der Waals surface area contributed by atoms with Crippen LogP contribution in [0.3, 0.4) is 0 Å². The lowest BCUT2D eigenvalue weighted by atomic mass is 9.83. The van der Waals surface area contributed by atoms with E-state index in [1.807, 2.05) is 47.4 Å². The normalized spacial score (nSPS) is 11.8. The number of nitrogens with zero attached hydrogens (tertiary/aromatic N) is 4. The summed E-state index contributed by atoms with van der Waals surface area (Å²) in [6.07, 6.45) is 6.00. The maximum atomic E-state index is 6.50. The van der Waals surface area contributed by atoms with Crippen molar-refractivity contribution in [2.24, 2.45) is 0 Å². The number of aromatic nitrogens is 4. The van der Waals surface area contributed by atoms with Crippen molar-refractivity contribution in [2.45, 2.75) is 60.3 Å². The fourth-order valence-corrected chi connectivity index (χ4v) is 6.91. The second-order valence-electron chi connectivity index (χ2n) is 13.0. The molecule has 0 spiro atoms. The molecule has 0 amide bonds. The van der Waals surface area contributed by atoms with E-state index in [1.165, 1.54) is 38.8 Å². The molecule has 5 heteroatoms. The van der Waals surface area contributed by atoms with Crippen molar-refractivity contribution in [1.82, 2.24) is 19.3 Å². The molecule has 3 heterocycles. The molecule has 46 heavy (non-hydrogen) atoms. The van der Waals surface area contributed by atoms with Crippen LogP contribution in [0.25, 0.3) is 44.4 Å². The Morgan fingerprint density at radius 1 is 0.674 bits per heavy atom. The van der Waals surface area contributed by atoms with E-state index in [1.54, 1.807) is 0 Å². The van der Waals surface area contributed by atoms with Gasteiger partial charge in [0.25, 0.3) is 0 Å². The fourth-order valence-electron chi connectivity index (χ4n) is 6.91. The summed E-state index contributed by atoms with van der Waals surface area (Å²) in [6.45, 7) is 15.7. The van der Waals surface area contributed by atoms with Gasteiger partial charge in [-0.05, 0) is 108 Å². The maximum Gasteiger partial charge on any atom is 0.137 e. The van der Waals surface area contributed by atoms with E-state index in [2.05, 4.69) is 114 Å². The Morgan fingerprint density at radius 2 is 1.39 bits per heavy atom. The minimum atomic E-state index is 0.453. The third-order valence-corrected chi connectivity index (χ3v) is 9.14. The third kappa shape index (κ3) is 5.16. The first-order valence-corrected chi connectivity index (χ1v) is 16.1. The van der Waals surface area contributed by atoms with E-state index < -0.39 is 0 Å². The Hall–Kier alpha value is -5.16. The molecular formula is C41H40N4O. The fraction of sp³-hybridized carbons (Fsp3) is 0.220. The number of pyridine rings is 1. The summed E-state index contributed by atoms with van der Waals surface area (Å²) < 4.78 is 10.7. The van der Waals surface area contributed by atoms with Gasteiger partial charge in [-0.15, -0.1) is 0 Å². The highest BCUT2D eigenvalue weighted by molar-refractivity contribution is 6.09. The van der Waals surface area contributed by atoms with Crippen LogP contribution in [0.1, 0.15) is 67.3 Å². The highest BCUT2D eigenvalue weighted by Crippen LogP contribution is 2.38. The molecule has 0 saturated heterocycles. The second-order valence-corrected chi connectivity index (χ2v) is 13.0. The summed E-state index contributed by atoms with van der Waals surface area (Å²) in [5, 5.41) is 7.16. The van der Waals surface area contributed by atoms with Gasteiger partial charge in [0.15, 0.2) is 0 Å². The van der Waals surface area contributed by atoms with E-state index >= 15 is 0 Å². The summed E-state index contributed by atoms with van der Waals surface area (Å²) in [5.41, 5.74) is 12.2. The average Bonchev–Trinajstić information content (AvgIpc) is 3.64. The summed E-state index contributed by atoms with van der Waals surface area (Å²) in [5.74, 6) is 3.32. The molecule has 230 valence electrons. The SMILES string of the molecule is Cc1ccnc(-n2c3ccccc3c3ccc(Oc4cccc(-n5cc(-c6c(C)c(C(C)C)cc(C(C)C)c6C)cn5)c4)cc32)c1. The Balaban J connectivity index is 1.25. The first-order chi connectivity index (χ1) is 22.2. The number of fused-ring (bicyclic) bond motifs is 3. The van der Waals surface area contributed by atoms with Crippen molar-refractivity contribution in [2.75, 3.05) is 0 Å². The average molecular weight is 605 g/mol. The third-order valence-electron chi connectivity index (χ3n) is 9.14. The van der Waals surface area contributed by atoms with Crippen LogP contribution in [0.5, 0.6) is 11.5 Å². The lowest BCUT2D eigenvalue weighted by Crippen LogP contribution is -2.03. The molecule has 0 fully saturated rings. The number of rotatable bonds is 7. The van der Waals surface area contributed by atoms with Crippen LogP contribution in [0.4, 0.5) is 0 Å². The molecule has 0 aliphatic rings. The van der Waals surface area contributed by atoms with E-state index in [0.717, 1.165) is 45.0 Å². The minimum Gasteiger partial charge on any atom is -0.457 e. The Kier molecular flexibility index (Phi) is 7.48. The Morgan fingerprint density at radius 3 is 2.13 bits per heavy atom. The number of benzene rings is 4. The number of para-hydroxylation sites is 1. The molecule has 3 aromatic heterocycles. The Labute approximate surface area is 271 Å². The first-order valence-electron chi connectivity index (χ1n) is 16.1. The van der Waals surface area contributed by atoms with Crippen molar-refractivity contribution in [3.8, 4) is 34.1 Å². The lowest BCUT2D eigenvalue weighted by molar-refractivity contribution is 0.483. The van der Waals surface area contributed by atoms with Gasteiger partial charge in [-0.25, -0.2) is 9.67 Å². The van der Waals surface area contributed by atoms with Gasteiger partial charge in [0.2, 0.25) is 0 Å². The largest absolute Gasteiger partial charge is 0.457 e. The van der Waals surface area contributed by atoms with Gasteiger partial charge in [0.1, 0.15) is 17.3 Å². The van der Waals surface area contributed by atoms with Crippen molar-refractivity contribution in [3.05, 3.63) is 131 Å². The van der Waals surface area contributed by atoms with Gasteiger partial charge in [-0.1, -0.05) is 58.0 Å². The molecule has 0 bridgehead atoms. The smallest absolute Gasteiger partial charge is 0.137 e. The highest BCUT2D eigenvalue weighted by Gasteiger charge is 2.19. The molecule has 0 radical (unpaired) electrons. The van der Waals surface area contributed by atoms with Gasteiger partial charge >= 0.3 is 0 Å². The summed E-state index contributed by atoms with van der Waals surface area (Å²) in [6, 6.07) is 29.4. The zero-order valence-electron chi connectivity index (χ0n) is 27.7. The van der Waals surface area contributed by atoms with Gasteiger partial charge in [-0.3, -0.25) is 4.57 Å². The zero-order chi connectivity index (χ0) is 32.1. The molecule has 7 rings (SSSR count). The molecule has 0 N–H and O–H groups in total. The summed E-state index contributed by atoms with van der Waals surface area (Å²) >= 11 is 0. The molecule has 0 unspecified atom stereocenters.